The Balaban J connectivity index is 2.27. The van der Waals surface area contributed by atoms with Crippen molar-refractivity contribution in [3.05, 3.63) is 0 Å². The molecule has 0 N–H and O–H groups in total. The number of rotatable bonds is 4. The van der Waals surface area contributed by atoms with E-state index in [1.54, 1.807) is 11.8 Å². The fourth-order valence-electron chi connectivity index (χ4n) is 3.56. The number of carbonyl (C=O) groups is 3. The molecule has 0 aromatic rings. The van der Waals surface area contributed by atoms with Crippen LogP contribution in [0.1, 0.15) is 66.2 Å². The van der Waals surface area contributed by atoms with E-state index in [1.807, 2.05) is 20.8 Å². The summed E-state index contributed by atoms with van der Waals surface area (Å²) < 4.78 is 5.00. The van der Waals surface area contributed by atoms with E-state index in [2.05, 4.69) is 0 Å². The number of hydrogen-bond donors (Lipinski definition) is 0. The molecule has 23 heavy (non-hydrogen) atoms. The van der Waals surface area contributed by atoms with E-state index in [4.69, 9.17) is 4.74 Å². The maximum Gasteiger partial charge on any atom is 0.328 e. The van der Waals surface area contributed by atoms with E-state index < -0.39 is 17.6 Å². The van der Waals surface area contributed by atoms with Gasteiger partial charge in [-0.3, -0.25) is 14.5 Å². The lowest BCUT2D eigenvalue weighted by atomic mass is 9.93. The maximum atomic E-state index is 12.9. The van der Waals surface area contributed by atoms with Gasteiger partial charge in [-0.2, -0.15) is 0 Å². The first-order valence-corrected chi connectivity index (χ1v) is 8.59. The summed E-state index contributed by atoms with van der Waals surface area (Å²) in [5.74, 6) is -0.698. The molecule has 2 fully saturated rings. The Hall–Kier alpha value is -1.59. The van der Waals surface area contributed by atoms with Crippen LogP contribution >= 0.6 is 0 Å². The summed E-state index contributed by atoms with van der Waals surface area (Å²) in [6.45, 7) is 7.54. The van der Waals surface area contributed by atoms with Gasteiger partial charge in [-0.05, 0) is 40.5 Å². The summed E-state index contributed by atoms with van der Waals surface area (Å²) >= 11 is 0. The highest BCUT2D eigenvalue weighted by Crippen LogP contribution is 2.34. The van der Waals surface area contributed by atoms with Crippen LogP contribution in [0, 0.1) is 0 Å². The van der Waals surface area contributed by atoms with Gasteiger partial charge < -0.3 is 9.64 Å². The number of hydrogen-bond acceptors (Lipinski definition) is 4. The average Bonchev–Trinajstić information content (AvgIpc) is 2.70. The number of nitrogens with zero attached hydrogens (tertiary/aromatic N) is 2. The molecule has 6 heteroatoms. The van der Waals surface area contributed by atoms with Crippen LogP contribution in [0.2, 0.25) is 0 Å². The molecular weight excluding hydrogens is 296 g/mol. The lowest BCUT2D eigenvalue weighted by Gasteiger charge is -2.34. The minimum atomic E-state index is -0.719. The molecule has 1 heterocycles. The van der Waals surface area contributed by atoms with Crippen LogP contribution in [0.4, 0.5) is 4.79 Å². The standard InChI is InChI=1S/C17H28N2O4/c1-5-23-14(20)11-13-15(21)19(17(2,3)4)16(22)18(13)12-9-7-6-8-10-12/h12-13H,5-11H2,1-4H3. The summed E-state index contributed by atoms with van der Waals surface area (Å²) in [5.41, 5.74) is -0.593. The van der Waals surface area contributed by atoms with Gasteiger partial charge in [-0.1, -0.05) is 19.3 Å². The van der Waals surface area contributed by atoms with Crippen molar-refractivity contribution in [1.82, 2.24) is 9.80 Å². The number of urea groups is 1. The molecule has 3 amide bonds. The normalized spacial score (nSPS) is 23.6. The Kier molecular flexibility index (Phi) is 5.32. The largest absolute Gasteiger partial charge is 0.466 e. The molecule has 1 saturated heterocycles. The van der Waals surface area contributed by atoms with Gasteiger partial charge in [-0.25, -0.2) is 4.79 Å². The molecule has 0 aromatic carbocycles. The van der Waals surface area contributed by atoms with E-state index in [1.165, 1.54) is 4.90 Å². The van der Waals surface area contributed by atoms with Crippen LogP contribution in [0.15, 0.2) is 0 Å². The highest BCUT2D eigenvalue weighted by Gasteiger charge is 2.52. The van der Waals surface area contributed by atoms with E-state index in [0.717, 1.165) is 32.1 Å². The van der Waals surface area contributed by atoms with Crippen LogP contribution in [0.25, 0.3) is 0 Å². The molecule has 1 unspecified atom stereocenters. The highest BCUT2D eigenvalue weighted by molar-refractivity contribution is 6.06. The number of carbonyl (C=O) groups excluding carboxylic acids is 3. The molecular formula is C17H28N2O4. The Bertz CT molecular complexity index is 477. The number of ether oxygens (including phenoxy) is 1. The van der Waals surface area contributed by atoms with Crippen molar-refractivity contribution in [2.45, 2.75) is 83.8 Å². The SMILES string of the molecule is CCOC(=O)CC1C(=O)N(C(C)(C)C)C(=O)N1C1CCCCC1. The van der Waals surface area contributed by atoms with Crippen molar-refractivity contribution >= 4 is 17.9 Å². The Morgan fingerprint density at radius 3 is 2.30 bits per heavy atom. The molecule has 0 bridgehead atoms. The molecule has 1 saturated carbocycles. The van der Waals surface area contributed by atoms with Gasteiger partial charge in [0.1, 0.15) is 6.04 Å². The summed E-state index contributed by atoms with van der Waals surface area (Å²) in [4.78, 5) is 40.6. The van der Waals surface area contributed by atoms with Crippen molar-refractivity contribution in [1.29, 1.82) is 0 Å². The molecule has 130 valence electrons. The Morgan fingerprint density at radius 2 is 1.78 bits per heavy atom. The minimum absolute atomic E-state index is 0.0481. The van der Waals surface area contributed by atoms with Gasteiger partial charge in [-0.15, -0.1) is 0 Å². The number of esters is 1. The third-order valence-electron chi connectivity index (χ3n) is 4.56. The van der Waals surface area contributed by atoms with Gasteiger partial charge in [0.05, 0.1) is 13.0 Å². The second-order valence-corrected chi connectivity index (χ2v) is 7.35. The third kappa shape index (κ3) is 3.67. The summed E-state index contributed by atoms with van der Waals surface area (Å²) in [5, 5.41) is 0. The summed E-state index contributed by atoms with van der Waals surface area (Å²) in [6, 6.07) is -0.931. The molecule has 1 aliphatic carbocycles. The molecule has 1 atom stereocenters. The van der Waals surface area contributed by atoms with Gasteiger partial charge in [0.2, 0.25) is 0 Å². The van der Waals surface area contributed by atoms with Crippen LogP contribution in [-0.4, -0.2) is 51.9 Å². The summed E-state index contributed by atoms with van der Waals surface area (Å²) in [6.07, 6.45) is 5.03. The second-order valence-electron chi connectivity index (χ2n) is 7.35. The Labute approximate surface area is 138 Å². The molecule has 1 aliphatic heterocycles. The van der Waals surface area contributed by atoms with Crippen molar-refractivity contribution in [3.63, 3.8) is 0 Å². The molecule has 6 nitrogen and oxygen atoms in total. The highest BCUT2D eigenvalue weighted by atomic mass is 16.5. The van der Waals surface area contributed by atoms with Crippen LogP contribution in [0.3, 0.4) is 0 Å². The van der Waals surface area contributed by atoms with Crippen LogP contribution in [-0.2, 0) is 14.3 Å². The van der Waals surface area contributed by atoms with E-state index in [-0.39, 0.29) is 31.0 Å². The lowest BCUT2D eigenvalue weighted by Crippen LogP contribution is -2.48. The minimum Gasteiger partial charge on any atom is -0.466 e. The van der Waals surface area contributed by atoms with Crippen molar-refractivity contribution < 1.29 is 19.1 Å². The Morgan fingerprint density at radius 1 is 1.17 bits per heavy atom. The predicted octanol–water partition coefficient (Wildman–Crippen LogP) is 2.70. The average molecular weight is 324 g/mol. The van der Waals surface area contributed by atoms with E-state index in [0.29, 0.717) is 0 Å². The second kappa shape index (κ2) is 6.89. The zero-order chi connectivity index (χ0) is 17.2. The fourth-order valence-corrected chi connectivity index (χ4v) is 3.56. The monoisotopic (exact) mass is 324 g/mol. The van der Waals surface area contributed by atoms with Crippen LogP contribution < -0.4 is 0 Å². The molecule has 2 aliphatic rings. The third-order valence-corrected chi connectivity index (χ3v) is 4.56. The molecule has 2 rings (SSSR count). The number of imide groups is 1. The first-order valence-electron chi connectivity index (χ1n) is 8.59. The zero-order valence-corrected chi connectivity index (χ0v) is 14.6. The quantitative estimate of drug-likeness (QED) is 0.589. The molecule has 0 aromatic heterocycles. The van der Waals surface area contributed by atoms with E-state index in [9.17, 15) is 14.4 Å². The first kappa shape index (κ1) is 17.8. The lowest BCUT2D eigenvalue weighted by molar-refractivity contribution is -0.147. The number of amides is 3. The topological polar surface area (TPSA) is 66.9 Å². The molecule has 0 radical (unpaired) electrons. The van der Waals surface area contributed by atoms with Crippen molar-refractivity contribution in [2.24, 2.45) is 0 Å². The maximum absolute atomic E-state index is 12.9. The smallest absolute Gasteiger partial charge is 0.328 e. The fraction of sp³-hybridized carbons (Fsp3) is 0.824. The van der Waals surface area contributed by atoms with Gasteiger partial charge >= 0.3 is 12.0 Å². The zero-order valence-electron chi connectivity index (χ0n) is 14.6. The predicted molar refractivity (Wildman–Crippen MR) is 85.7 cm³/mol. The van der Waals surface area contributed by atoms with Gasteiger partial charge in [0.25, 0.3) is 5.91 Å². The van der Waals surface area contributed by atoms with Gasteiger partial charge in [0, 0.05) is 11.6 Å². The molecule has 0 spiro atoms. The van der Waals surface area contributed by atoms with Crippen molar-refractivity contribution in [2.75, 3.05) is 6.61 Å². The first-order chi connectivity index (χ1) is 10.8. The van der Waals surface area contributed by atoms with Crippen LogP contribution in [0.5, 0.6) is 0 Å². The van der Waals surface area contributed by atoms with Gasteiger partial charge in [0.15, 0.2) is 0 Å². The van der Waals surface area contributed by atoms with Crippen molar-refractivity contribution in [3.8, 4) is 0 Å². The summed E-state index contributed by atoms with van der Waals surface area (Å²) in [7, 11) is 0. The van der Waals surface area contributed by atoms with E-state index >= 15 is 0 Å².